The molecule has 0 radical (unpaired) electrons. The van der Waals surface area contributed by atoms with Crippen LogP contribution in [0.3, 0.4) is 0 Å². The van der Waals surface area contributed by atoms with Gasteiger partial charge in [0.15, 0.2) is 17.6 Å². The standard InChI is InChI=1S/C14H18O5/c1-7-8(2)10(4)13(12(15)9(7)3)17-5-11-6-18-14(16)19-11/h11,15H,5-6H2,1-4H3. The van der Waals surface area contributed by atoms with Crippen molar-refractivity contribution in [2.24, 2.45) is 0 Å². The Balaban J connectivity index is 2.18. The van der Waals surface area contributed by atoms with E-state index >= 15 is 0 Å². The molecule has 1 unspecified atom stereocenters. The number of carbonyl (C=O) groups excluding carboxylic acids is 1. The SMILES string of the molecule is Cc1c(C)c(C)c(OCC2COC(=O)O2)c(O)c1C. The first kappa shape index (κ1) is 13.5. The largest absolute Gasteiger partial charge is 0.508 e. The molecule has 0 aliphatic carbocycles. The third-order valence-corrected chi connectivity index (χ3v) is 3.66. The Morgan fingerprint density at radius 1 is 1.16 bits per heavy atom. The van der Waals surface area contributed by atoms with Crippen molar-refractivity contribution in [2.45, 2.75) is 33.8 Å². The Kier molecular flexibility index (Phi) is 3.55. The molecule has 5 heteroatoms. The molecular formula is C14H18O5. The van der Waals surface area contributed by atoms with Gasteiger partial charge in [0.2, 0.25) is 0 Å². The quantitative estimate of drug-likeness (QED) is 0.852. The van der Waals surface area contributed by atoms with E-state index in [1.165, 1.54) is 0 Å². The lowest BCUT2D eigenvalue weighted by Gasteiger charge is -2.18. The van der Waals surface area contributed by atoms with Crippen LogP contribution in [-0.4, -0.2) is 30.6 Å². The van der Waals surface area contributed by atoms with Gasteiger partial charge in [0.25, 0.3) is 0 Å². The Bertz CT molecular complexity index is 492. The van der Waals surface area contributed by atoms with E-state index in [-0.39, 0.29) is 19.0 Å². The molecule has 19 heavy (non-hydrogen) atoms. The number of phenolic OH excluding ortho intramolecular Hbond substituents is 1. The van der Waals surface area contributed by atoms with E-state index in [0.29, 0.717) is 5.75 Å². The van der Waals surface area contributed by atoms with Crippen molar-refractivity contribution >= 4 is 6.16 Å². The number of phenols is 1. The first-order valence-electron chi connectivity index (χ1n) is 6.17. The van der Waals surface area contributed by atoms with Crippen LogP contribution in [0.4, 0.5) is 4.79 Å². The van der Waals surface area contributed by atoms with Crippen LogP contribution < -0.4 is 4.74 Å². The van der Waals surface area contributed by atoms with Gasteiger partial charge in [0.05, 0.1) is 0 Å². The normalized spacial score (nSPS) is 18.1. The summed E-state index contributed by atoms with van der Waals surface area (Å²) in [5, 5.41) is 10.1. The number of ether oxygens (including phenoxy) is 3. The van der Waals surface area contributed by atoms with Gasteiger partial charge in [-0.2, -0.15) is 0 Å². The van der Waals surface area contributed by atoms with Gasteiger partial charge in [-0.1, -0.05) is 0 Å². The molecule has 1 aliphatic heterocycles. The van der Waals surface area contributed by atoms with Crippen molar-refractivity contribution in [3.8, 4) is 11.5 Å². The second kappa shape index (κ2) is 4.99. The van der Waals surface area contributed by atoms with Gasteiger partial charge in [-0.15, -0.1) is 0 Å². The summed E-state index contributed by atoms with van der Waals surface area (Å²) >= 11 is 0. The average molecular weight is 266 g/mol. The highest BCUT2D eigenvalue weighted by Gasteiger charge is 2.26. The fourth-order valence-corrected chi connectivity index (χ4v) is 2.06. The van der Waals surface area contributed by atoms with E-state index in [1.807, 2.05) is 27.7 Å². The fraction of sp³-hybridized carbons (Fsp3) is 0.500. The molecule has 1 N–H and O–H groups in total. The summed E-state index contributed by atoms with van der Waals surface area (Å²) in [6.45, 7) is 8.05. The first-order chi connectivity index (χ1) is 8.91. The second-order valence-corrected chi connectivity index (χ2v) is 4.79. The average Bonchev–Trinajstić information content (AvgIpc) is 2.80. The maximum absolute atomic E-state index is 10.8. The van der Waals surface area contributed by atoms with Gasteiger partial charge >= 0.3 is 6.16 Å². The zero-order chi connectivity index (χ0) is 14.2. The molecule has 1 aromatic carbocycles. The predicted molar refractivity (Wildman–Crippen MR) is 68.8 cm³/mol. The smallest absolute Gasteiger partial charge is 0.504 e. The van der Waals surface area contributed by atoms with Crippen LogP contribution >= 0.6 is 0 Å². The van der Waals surface area contributed by atoms with Crippen molar-refractivity contribution in [3.05, 3.63) is 22.3 Å². The third-order valence-electron chi connectivity index (χ3n) is 3.66. The molecule has 1 aromatic rings. The lowest BCUT2D eigenvalue weighted by Crippen LogP contribution is -2.20. The van der Waals surface area contributed by atoms with Crippen molar-refractivity contribution in [3.63, 3.8) is 0 Å². The maximum Gasteiger partial charge on any atom is 0.508 e. The summed E-state index contributed by atoms with van der Waals surface area (Å²) in [7, 11) is 0. The van der Waals surface area contributed by atoms with Crippen molar-refractivity contribution in [1.82, 2.24) is 0 Å². The lowest BCUT2D eigenvalue weighted by atomic mass is 9.97. The van der Waals surface area contributed by atoms with Crippen LogP contribution in [0.25, 0.3) is 0 Å². The van der Waals surface area contributed by atoms with E-state index < -0.39 is 12.3 Å². The van der Waals surface area contributed by atoms with E-state index in [9.17, 15) is 9.90 Å². The minimum absolute atomic E-state index is 0.144. The number of hydrogen-bond acceptors (Lipinski definition) is 5. The minimum atomic E-state index is -0.675. The molecule has 1 aliphatic rings. The van der Waals surface area contributed by atoms with Crippen molar-refractivity contribution in [1.29, 1.82) is 0 Å². The van der Waals surface area contributed by atoms with Crippen molar-refractivity contribution in [2.75, 3.05) is 13.2 Å². The molecule has 0 spiro atoms. The van der Waals surface area contributed by atoms with Crippen LogP contribution in [0.15, 0.2) is 0 Å². The highest BCUT2D eigenvalue weighted by molar-refractivity contribution is 5.62. The Labute approximate surface area is 112 Å². The summed E-state index contributed by atoms with van der Waals surface area (Å²) in [5.74, 6) is 0.592. The molecule has 104 valence electrons. The van der Waals surface area contributed by atoms with Crippen LogP contribution in [0.5, 0.6) is 11.5 Å². The van der Waals surface area contributed by atoms with Gasteiger partial charge < -0.3 is 19.3 Å². The molecule has 0 aromatic heterocycles. The monoisotopic (exact) mass is 266 g/mol. The number of aromatic hydroxyl groups is 1. The summed E-state index contributed by atoms with van der Waals surface area (Å²) in [4.78, 5) is 10.8. The molecule has 0 bridgehead atoms. The fourth-order valence-electron chi connectivity index (χ4n) is 2.06. The molecule has 1 heterocycles. The predicted octanol–water partition coefficient (Wildman–Crippen LogP) is 2.54. The van der Waals surface area contributed by atoms with E-state index in [0.717, 1.165) is 22.3 Å². The van der Waals surface area contributed by atoms with Crippen molar-refractivity contribution < 1.29 is 24.1 Å². The molecule has 1 fully saturated rings. The van der Waals surface area contributed by atoms with Gasteiger partial charge in [0, 0.05) is 0 Å². The zero-order valence-corrected chi connectivity index (χ0v) is 11.6. The Hall–Kier alpha value is -1.91. The highest BCUT2D eigenvalue weighted by Crippen LogP contribution is 2.38. The summed E-state index contributed by atoms with van der Waals surface area (Å²) in [5.41, 5.74) is 3.84. The van der Waals surface area contributed by atoms with Gasteiger partial charge in [-0.3, -0.25) is 0 Å². The highest BCUT2D eigenvalue weighted by atomic mass is 16.8. The molecular weight excluding hydrogens is 248 g/mol. The van der Waals surface area contributed by atoms with Gasteiger partial charge in [-0.25, -0.2) is 4.79 Å². The van der Waals surface area contributed by atoms with Crippen LogP contribution in [-0.2, 0) is 9.47 Å². The van der Waals surface area contributed by atoms with Crippen LogP contribution in [0.1, 0.15) is 22.3 Å². The Morgan fingerprint density at radius 3 is 2.37 bits per heavy atom. The maximum atomic E-state index is 10.8. The van der Waals surface area contributed by atoms with E-state index in [4.69, 9.17) is 9.47 Å². The van der Waals surface area contributed by atoms with Crippen LogP contribution in [0.2, 0.25) is 0 Å². The molecule has 0 saturated carbocycles. The van der Waals surface area contributed by atoms with Gasteiger partial charge in [-0.05, 0) is 49.9 Å². The summed E-state index contributed by atoms with van der Waals surface area (Å²) in [6.07, 6.45) is -1.10. The minimum Gasteiger partial charge on any atom is -0.504 e. The summed E-state index contributed by atoms with van der Waals surface area (Å²) in [6, 6.07) is 0. The van der Waals surface area contributed by atoms with Crippen LogP contribution in [0, 0.1) is 27.7 Å². The zero-order valence-electron chi connectivity index (χ0n) is 11.6. The number of cyclic esters (lactones) is 2. The van der Waals surface area contributed by atoms with E-state index in [2.05, 4.69) is 4.74 Å². The molecule has 1 atom stereocenters. The number of rotatable bonds is 3. The number of benzene rings is 1. The lowest BCUT2D eigenvalue weighted by molar-refractivity contribution is 0.0973. The number of hydrogen-bond donors (Lipinski definition) is 1. The second-order valence-electron chi connectivity index (χ2n) is 4.79. The Morgan fingerprint density at radius 2 is 1.79 bits per heavy atom. The van der Waals surface area contributed by atoms with E-state index in [1.54, 1.807) is 0 Å². The third kappa shape index (κ3) is 2.45. The molecule has 1 saturated heterocycles. The first-order valence-corrected chi connectivity index (χ1v) is 6.17. The summed E-state index contributed by atoms with van der Waals surface area (Å²) < 4.78 is 15.2. The molecule has 5 nitrogen and oxygen atoms in total. The topological polar surface area (TPSA) is 65.0 Å². The van der Waals surface area contributed by atoms with Gasteiger partial charge in [0.1, 0.15) is 13.2 Å². The molecule has 0 amide bonds. The number of carbonyl (C=O) groups is 1. The molecule has 2 rings (SSSR count).